The van der Waals surface area contributed by atoms with Crippen LogP contribution < -0.4 is 4.74 Å². The predicted molar refractivity (Wildman–Crippen MR) is 80.4 cm³/mol. The van der Waals surface area contributed by atoms with Crippen LogP contribution in [0.3, 0.4) is 0 Å². The smallest absolute Gasteiger partial charge is 0.310 e. The van der Waals surface area contributed by atoms with Gasteiger partial charge in [0.1, 0.15) is 5.75 Å². The molecule has 0 aliphatic heterocycles. The maximum Gasteiger partial charge on any atom is 0.310 e. The summed E-state index contributed by atoms with van der Waals surface area (Å²) in [7, 11) is 1.33. The number of esters is 1. The summed E-state index contributed by atoms with van der Waals surface area (Å²) in [5.74, 6) is -0.303. The first kappa shape index (κ1) is 17.3. The number of halogens is 1. The molecule has 116 valence electrons. The molecule has 0 aliphatic rings. The van der Waals surface area contributed by atoms with Crippen molar-refractivity contribution in [3.63, 3.8) is 0 Å². The van der Waals surface area contributed by atoms with E-state index in [1.165, 1.54) is 7.11 Å². The largest absolute Gasteiger partial charge is 0.484 e. The van der Waals surface area contributed by atoms with E-state index in [1.54, 1.807) is 36.1 Å². The third-order valence-corrected chi connectivity index (χ3v) is 3.26. The minimum atomic E-state index is -0.366. The normalized spacial score (nSPS) is 11.6. The van der Waals surface area contributed by atoms with E-state index in [1.807, 2.05) is 6.92 Å². The first-order valence-electron chi connectivity index (χ1n) is 6.71. The van der Waals surface area contributed by atoms with Crippen molar-refractivity contribution in [2.45, 2.75) is 13.8 Å². The van der Waals surface area contributed by atoms with Crippen LogP contribution in [0.2, 0.25) is 5.02 Å². The molecular weight excluding hydrogens is 294 g/mol. The van der Waals surface area contributed by atoms with Crippen molar-refractivity contribution >= 4 is 23.5 Å². The zero-order chi connectivity index (χ0) is 15.8. The van der Waals surface area contributed by atoms with E-state index in [-0.39, 0.29) is 24.4 Å². The molecule has 1 atom stereocenters. The topological polar surface area (TPSA) is 55.8 Å². The van der Waals surface area contributed by atoms with E-state index >= 15 is 0 Å². The lowest BCUT2D eigenvalue weighted by Gasteiger charge is -2.23. The second kappa shape index (κ2) is 8.52. The van der Waals surface area contributed by atoms with Crippen molar-refractivity contribution in [3.8, 4) is 5.75 Å². The van der Waals surface area contributed by atoms with E-state index in [4.69, 9.17) is 16.3 Å². The van der Waals surface area contributed by atoms with Crippen molar-refractivity contribution in [2.24, 2.45) is 5.92 Å². The summed E-state index contributed by atoms with van der Waals surface area (Å²) in [5.41, 5.74) is 0. The number of methoxy groups -OCH3 is 1. The predicted octanol–water partition coefficient (Wildman–Crippen LogP) is 2.38. The molecule has 0 aliphatic carbocycles. The fourth-order valence-corrected chi connectivity index (χ4v) is 1.91. The van der Waals surface area contributed by atoms with E-state index in [0.717, 1.165) is 0 Å². The number of benzene rings is 1. The number of nitrogens with zero attached hydrogens (tertiary/aromatic N) is 1. The lowest BCUT2D eigenvalue weighted by Crippen LogP contribution is -2.39. The molecule has 21 heavy (non-hydrogen) atoms. The Morgan fingerprint density at radius 1 is 1.29 bits per heavy atom. The lowest BCUT2D eigenvalue weighted by atomic mass is 10.1. The third kappa shape index (κ3) is 5.63. The zero-order valence-corrected chi connectivity index (χ0v) is 13.2. The molecule has 0 spiro atoms. The summed E-state index contributed by atoms with van der Waals surface area (Å²) in [6.45, 7) is 4.31. The number of amides is 1. The summed E-state index contributed by atoms with van der Waals surface area (Å²) in [6, 6.07) is 6.78. The molecular formula is C15H20ClNO4. The van der Waals surface area contributed by atoms with Gasteiger partial charge in [0.05, 0.1) is 13.0 Å². The molecule has 0 saturated heterocycles. The first-order valence-corrected chi connectivity index (χ1v) is 7.09. The minimum absolute atomic E-state index is 0.0800. The number of carbonyl (C=O) groups excluding carboxylic acids is 2. The molecule has 6 heteroatoms. The quantitative estimate of drug-likeness (QED) is 0.725. The SMILES string of the molecule is CCN(CC(C)C(=O)OC)C(=O)COc1ccc(Cl)cc1. The molecule has 0 N–H and O–H groups in total. The van der Waals surface area contributed by atoms with Crippen LogP contribution in [0.15, 0.2) is 24.3 Å². The molecule has 1 rings (SSSR count). The van der Waals surface area contributed by atoms with Crippen molar-refractivity contribution in [1.29, 1.82) is 0 Å². The Bertz CT molecular complexity index is 475. The van der Waals surface area contributed by atoms with Gasteiger partial charge < -0.3 is 14.4 Å². The van der Waals surface area contributed by atoms with E-state index < -0.39 is 0 Å². The number of rotatable bonds is 7. The fraction of sp³-hybridized carbons (Fsp3) is 0.467. The van der Waals surface area contributed by atoms with Gasteiger partial charge in [0.15, 0.2) is 6.61 Å². The number of likely N-dealkylation sites (N-methyl/N-ethyl adjacent to an activating group) is 1. The molecule has 1 aromatic rings. The van der Waals surface area contributed by atoms with E-state index in [2.05, 4.69) is 4.74 Å². The molecule has 0 radical (unpaired) electrons. The first-order chi connectivity index (χ1) is 9.97. The van der Waals surface area contributed by atoms with Gasteiger partial charge >= 0.3 is 5.97 Å². The third-order valence-electron chi connectivity index (χ3n) is 3.01. The molecule has 0 aromatic heterocycles. The summed E-state index contributed by atoms with van der Waals surface area (Å²) in [4.78, 5) is 25.0. The highest BCUT2D eigenvalue weighted by molar-refractivity contribution is 6.30. The zero-order valence-electron chi connectivity index (χ0n) is 12.5. The van der Waals surface area contributed by atoms with Gasteiger partial charge in [0, 0.05) is 18.1 Å². The molecule has 0 heterocycles. The van der Waals surface area contributed by atoms with Crippen LogP contribution in [-0.2, 0) is 14.3 Å². The Balaban J connectivity index is 2.51. The molecule has 0 bridgehead atoms. The lowest BCUT2D eigenvalue weighted by molar-refractivity contribution is -0.146. The van der Waals surface area contributed by atoms with Crippen LogP contribution in [0.1, 0.15) is 13.8 Å². The number of hydrogen-bond acceptors (Lipinski definition) is 4. The summed E-state index contributed by atoms with van der Waals surface area (Å²) >= 11 is 5.77. The molecule has 1 unspecified atom stereocenters. The van der Waals surface area contributed by atoms with E-state index in [0.29, 0.717) is 23.9 Å². The van der Waals surface area contributed by atoms with Gasteiger partial charge in [-0.15, -0.1) is 0 Å². The van der Waals surface area contributed by atoms with Crippen LogP contribution in [0.5, 0.6) is 5.75 Å². The molecule has 1 amide bonds. The average Bonchev–Trinajstić information content (AvgIpc) is 2.50. The highest BCUT2D eigenvalue weighted by Gasteiger charge is 2.20. The summed E-state index contributed by atoms with van der Waals surface area (Å²) < 4.78 is 10.1. The highest BCUT2D eigenvalue weighted by Crippen LogP contribution is 2.15. The second-order valence-electron chi connectivity index (χ2n) is 4.60. The molecule has 5 nitrogen and oxygen atoms in total. The Labute approximate surface area is 129 Å². The molecule has 1 aromatic carbocycles. The number of carbonyl (C=O) groups is 2. The van der Waals surface area contributed by atoms with Crippen LogP contribution in [0, 0.1) is 5.92 Å². The minimum Gasteiger partial charge on any atom is -0.484 e. The average molecular weight is 314 g/mol. The van der Waals surface area contributed by atoms with Crippen LogP contribution in [0.25, 0.3) is 0 Å². The Morgan fingerprint density at radius 2 is 1.90 bits per heavy atom. The van der Waals surface area contributed by atoms with Gasteiger partial charge in [-0.3, -0.25) is 9.59 Å². The maximum absolute atomic E-state index is 12.1. The van der Waals surface area contributed by atoms with Gasteiger partial charge in [-0.05, 0) is 31.2 Å². The maximum atomic E-state index is 12.1. The van der Waals surface area contributed by atoms with Crippen LogP contribution in [0.4, 0.5) is 0 Å². The second-order valence-corrected chi connectivity index (χ2v) is 5.04. The van der Waals surface area contributed by atoms with Crippen molar-refractivity contribution in [3.05, 3.63) is 29.3 Å². The summed E-state index contributed by atoms with van der Waals surface area (Å²) in [6.07, 6.45) is 0. The Hall–Kier alpha value is -1.75. The fourth-order valence-electron chi connectivity index (χ4n) is 1.78. The van der Waals surface area contributed by atoms with Gasteiger partial charge in [0.25, 0.3) is 5.91 Å². The number of hydrogen-bond donors (Lipinski definition) is 0. The standard InChI is InChI=1S/C15H20ClNO4/c1-4-17(9-11(2)15(19)20-3)14(18)10-21-13-7-5-12(16)6-8-13/h5-8,11H,4,9-10H2,1-3H3. The summed E-state index contributed by atoms with van der Waals surface area (Å²) in [5, 5.41) is 0.607. The van der Waals surface area contributed by atoms with Crippen LogP contribution in [-0.4, -0.2) is 43.6 Å². The monoisotopic (exact) mass is 313 g/mol. The van der Waals surface area contributed by atoms with Crippen molar-refractivity contribution in [1.82, 2.24) is 4.90 Å². The Kier molecular flexibility index (Phi) is 7.02. The molecule has 0 fully saturated rings. The van der Waals surface area contributed by atoms with Crippen LogP contribution >= 0.6 is 11.6 Å². The van der Waals surface area contributed by atoms with Crippen molar-refractivity contribution in [2.75, 3.05) is 26.8 Å². The van der Waals surface area contributed by atoms with Crippen molar-refractivity contribution < 1.29 is 19.1 Å². The van der Waals surface area contributed by atoms with E-state index in [9.17, 15) is 9.59 Å². The molecule has 0 saturated carbocycles. The number of ether oxygens (including phenoxy) is 2. The van der Waals surface area contributed by atoms with Gasteiger partial charge in [-0.1, -0.05) is 18.5 Å². The Morgan fingerprint density at radius 3 is 2.43 bits per heavy atom. The van der Waals surface area contributed by atoms with Gasteiger partial charge in [0.2, 0.25) is 0 Å². The highest BCUT2D eigenvalue weighted by atomic mass is 35.5. The van der Waals surface area contributed by atoms with Gasteiger partial charge in [-0.2, -0.15) is 0 Å². The van der Waals surface area contributed by atoms with Gasteiger partial charge in [-0.25, -0.2) is 0 Å².